The van der Waals surface area contributed by atoms with Crippen LogP contribution in [0.1, 0.15) is 12.5 Å². The molecule has 0 spiro atoms. The Labute approximate surface area is 99.9 Å². The number of carbonyl (C=O) groups is 1. The number of ether oxygens (including phenoxy) is 1. The number of carboxylic acid groups (broad SMARTS) is 1. The van der Waals surface area contributed by atoms with Crippen molar-refractivity contribution in [2.24, 2.45) is 0 Å². The fraction of sp³-hybridized carbons (Fsp3) is 0.300. The van der Waals surface area contributed by atoms with Crippen LogP contribution in [0.25, 0.3) is 0 Å². The summed E-state index contributed by atoms with van der Waals surface area (Å²) in [6.07, 6.45) is -1.47. The molecular weight excluding hydrogens is 252 g/mol. The van der Waals surface area contributed by atoms with Crippen molar-refractivity contribution in [1.82, 2.24) is 0 Å². The molecule has 1 aromatic rings. The highest BCUT2D eigenvalue weighted by Gasteiger charge is 2.28. The summed E-state index contributed by atoms with van der Waals surface area (Å²) in [5.41, 5.74) is -1.61. The Morgan fingerprint density at radius 3 is 2.56 bits per heavy atom. The number of aliphatic carboxylic acids is 1. The molecule has 1 unspecified atom stereocenters. The van der Waals surface area contributed by atoms with Gasteiger partial charge < -0.3 is 9.84 Å². The van der Waals surface area contributed by atoms with E-state index in [9.17, 15) is 23.7 Å². The van der Waals surface area contributed by atoms with Gasteiger partial charge in [-0.15, -0.1) is 0 Å². The first-order valence-corrected chi connectivity index (χ1v) is 4.78. The average Bonchev–Trinajstić information content (AvgIpc) is 2.25. The molecule has 0 radical (unpaired) electrons. The molecule has 1 aromatic carbocycles. The fourth-order valence-electron chi connectivity index (χ4n) is 1.18. The molecule has 0 aliphatic heterocycles. The number of nitro groups is 1. The Bertz CT molecular complexity index is 517. The van der Waals surface area contributed by atoms with Crippen LogP contribution in [0.15, 0.2) is 6.07 Å². The third-order valence-corrected chi connectivity index (χ3v) is 2.22. The lowest BCUT2D eigenvalue weighted by molar-refractivity contribution is -0.388. The molecule has 1 rings (SSSR count). The summed E-state index contributed by atoms with van der Waals surface area (Å²) in [6, 6.07) is 0.593. The molecule has 8 heteroatoms. The van der Waals surface area contributed by atoms with Gasteiger partial charge in [-0.3, -0.25) is 10.1 Å². The summed E-state index contributed by atoms with van der Waals surface area (Å²) in [4.78, 5) is 20.1. The summed E-state index contributed by atoms with van der Waals surface area (Å²) < 4.78 is 31.4. The van der Waals surface area contributed by atoms with Crippen molar-refractivity contribution in [3.63, 3.8) is 0 Å². The largest absolute Gasteiger partial charge is 0.479 e. The van der Waals surface area contributed by atoms with Crippen LogP contribution in [-0.4, -0.2) is 22.1 Å². The zero-order valence-electron chi connectivity index (χ0n) is 9.44. The van der Waals surface area contributed by atoms with Gasteiger partial charge in [0.15, 0.2) is 6.10 Å². The van der Waals surface area contributed by atoms with E-state index in [1.165, 1.54) is 0 Å². The van der Waals surface area contributed by atoms with Gasteiger partial charge in [-0.2, -0.15) is 4.39 Å². The quantitative estimate of drug-likeness (QED) is 0.661. The number of nitro benzene ring substituents is 1. The number of rotatable bonds is 4. The Morgan fingerprint density at radius 1 is 1.56 bits per heavy atom. The predicted molar refractivity (Wildman–Crippen MR) is 55.5 cm³/mol. The Hall–Kier alpha value is -2.25. The molecule has 0 saturated heterocycles. The first kappa shape index (κ1) is 13.8. The minimum absolute atomic E-state index is 0.531. The van der Waals surface area contributed by atoms with E-state index in [-0.39, 0.29) is 0 Å². The molecule has 0 aliphatic carbocycles. The number of benzene rings is 1. The molecule has 1 atom stereocenters. The smallest absolute Gasteiger partial charge is 0.346 e. The number of hydrogen-bond acceptors (Lipinski definition) is 4. The van der Waals surface area contributed by atoms with Crippen molar-refractivity contribution >= 4 is 11.7 Å². The lowest BCUT2D eigenvalue weighted by atomic mass is 10.1. The first-order chi connectivity index (χ1) is 8.25. The van der Waals surface area contributed by atoms with Gasteiger partial charge in [0, 0.05) is 11.6 Å². The van der Waals surface area contributed by atoms with E-state index in [0.29, 0.717) is 6.07 Å². The van der Waals surface area contributed by atoms with Crippen molar-refractivity contribution in [3.05, 3.63) is 33.4 Å². The number of halogens is 2. The third kappa shape index (κ3) is 2.53. The topological polar surface area (TPSA) is 89.7 Å². The van der Waals surface area contributed by atoms with Crippen LogP contribution in [0.3, 0.4) is 0 Å². The fourth-order valence-corrected chi connectivity index (χ4v) is 1.18. The van der Waals surface area contributed by atoms with E-state index in [0.717, 1.165) is 13.8 Å². The summed E-state index contributed by atoms with van der Waals surface area (Å²) in [5.74, 6) is -4.60. The van der Waals surface area contributed by atoms with Gasteiger partial charge in [0.2, 0.25) is 11.6 Å². The van der Waals surface area contributed by atoms with Crippen molar-refractivity contribution in [2.75, 3.05) is 0 Å². The second-order valence-electron chi connectivity index (χ2n) is 3.50. The highest BCUT2D eigenvalue weighted by atomic mass is 19.1. The van der Waals surface area contributed by atoms with Crippen molar-refractivity contribution in [3.8, 4) is 5.75 Å². The monoisotopic (exact) mass is 261 g/mol. The zero-order chi connectivity index (χ0) is 14.0. The van der Waals surface area contributed by atoms with E-state index in [4.69, 9.17) is 5.11 Å². The van der Waals surface area contributed by atoms with Crippen LogP contribution in [0.5, 0.6) is 5.75 Å². The van der Waals surface area contributed by atoms with Crippen LogP contribution in [0, 0.1) is 28.7 Å². The zero-order valence-corrected chi connectivity index (χ0v) is 9.44. The summed E-state index contributed by atoms with van der Waals surface area (Å²) in [7, 11) is 0. The normalized spacial score (nSPS) is 12.0. The Kier molecular flexibility index (Phi) is 3.79. The molecule has 98 valence electrons. The maximum Gasteiger partial charge on any atom is 0.346 e. The summed E-state index contributed by atoms with van der Waals surface area (Å²) in [5, 5.41) is 19.3. The SMILES string of the molecule is Cc1c(F)cc(OC(C)C(=O)O)c([N+](=O)[O-])c1F. The highest BCUT2D eigenvalue weighted by Crippen LogP contribution is 2.34. The maximum atomic E-state index is 13.5. The Balaban J connectivity index is 3.34. The van der Waals surface area contributed by atoms with Crippen LogP contribution < -0.4 is 4.74 Å². The van der Waals surface area contributed by atoms with E-state index < -0.39 is 45.6 Å². The van der Waals surface area contributed by atoms with Gasteiger partial charge >= 0.3 is 11.7 Å². The van der Waals surface area contributed by atoms with E-state index >= 15 is 0 Å². The van der Waals surface area contributed by atoms with Crippen molar-refractivity contribution in [2.45, 2.75) is 20.0 Å². The molecule has 0 heterocycles. The van der Waals surface area contributed by atoms with E-state index in [2.05, 4.69) is 4.74 Å². The van der Waals surface area contributed by atoms with Gasteiger partial charge in [-0.25, -0.2) is 9.18 Å². The number of hydrogen-bond donors (Lipinski definition) is 1. The Morgan fingerprint density at radius 2 is 2.11 bits per heavy atom. The molecule has 0 fully saturated rings. The minimum atomic E-state index is -1.47. The standard InChI is InChI=1S/C10H9F2NO5/c1-4-6(11)3-7(18-5(2)10(14)15)9(8(4)12)13(16)17/h3,5H,1-2H3,(H,14,15). The molecular formula is C10H9F2NO5. The molecule has 18 heavy (non-hydrogen) atoms. The molecule has 0 aromatic heterocycles. The van der Waals surface area contributed by atoms with Gasteiger partial charge in [-0.05, 0) is 13.8 Å². The van der Waals surface area contributed by atoms with E-state index in [1.54, 1.807) is 0 Å². The predicted octanol–water partition coefficient (Wildman–Crippen LogP) is 2.03. The summed E-state index contributed by atoms with van der Waals surface area (Å²) in [6.45, 7) is 2.11. The lowest BCUT2D eigenvalue weighted by Gasteiger charge is -2.12. The molecule has 0 aliphatic rings. The van der Waals surface area contributed by atoms with Crippen LogP contribution in [0.2, 0.25) is 0 Å². The molecule has 1 N–H and O–H groups in total. The van der Waals surface area contributed by atoms with Crippen LogP contribution in [-0.2, 0) is 4.79 Å². The molecule has 0 bridgehead atoms. The highest BCUT2D eigenvalue weighted by molar-refractivity contribution is 5.72. The first-order valence-electron chi connectivity index (χ1n) is 4.78. The second kappa shape index (κ2) is 4.94. The number of nitrogens with zero attached hydrogens (tertiary/aromatic N) is 1. The van der Waals surface area contributed by atoms with Crippen molar-refractivity contribution < 1.29 is 28.3 Å². The minimum Gasteiger partial charge on any atom is -0.479 e. The van der Waals surface area contributed by atoms with E-state index in [1.807, 2.05) is 0 Å². The van der Waals surface area contributed by atoms with Gasteiger partial charge in [0.25, 0.3) is 0 Å². The van der Waals surface area contributed by atoms with Gasteiger partial charge in [-0.1, -0.05) is 0 Å². The molecule has 0 amide bonds. The summed E-state index contributed by atoms with van der Waals surface area (Å²) >= 11 is 0. The lowest BCUT2D eigenvalue weighted by Crippen LogP contribution is -2.23. The number of carboxylic acids is 1. The second-order valence-corrected chi connectivity index (χ2v) is 3.50. The van der Waals surface area contributed by atoms with Crippen molar-refractivity contribution in [1.29, 1.82) is 0 Å². The third-order valence-electron chi connectivity index (χ3n) is 2.22. The molecule has 0 saturated carbocycles. The van der Waals surface area contributed by atoms with Crippen LogP contribution >= 0.6 is 0 Å². The maximum absolute atomic E-state index is 13.5. The molecule has 6 nitrogen and oxygen atoms in total. The van der Waals surface area contributed by atoms with Gasteiger partial charge in [0.05, 0.1) is 4.92 Å². The van der Waals surface area contributed by atoms with Crippen LogP contribution in [0.4, 0.5) is 14.5 Å². The van der Waals surface area contributed by atoms with Gasteiger partial charge in [0.1, 0.15) is 5.82 Å². The average molecular weight is 261 g/mol.